The number of carbonyl (C=O) groups excluding carboxylic acids is 1. The van der Waals surface area contributed by atoms with E-state index in [0.717, 1.165) is 19.4 Å². The molecule has 4 nitrogen and oxygen atoms in total. The second-order valence-corrected chi connectivity index (χ2v) is 4.67. The highest BCUT2D eigenvalue weighted by atomic mass is 16.5. The monoisotopic (exact) mass is 230 g/mol. The number of hydrogen-bond donors (Lipinski definition) is 1. The van der Waals surface area contributed by atoms with E-state index >= 15 is 0 Å². The normalized spacial score (nSPS) is 11.6. The van der Waals surface area contributed by atoms with Gasteiger partial charge in [0.1, 0.15) is 0 Å². The third kappa shape index (κ3) is 6.80. The molecule has 16 heavy (non-hydrogen) atoms. The van der Waals surface area contributed by atoms with Crippen molar-refractivity contribution >= 4 is 5.91 Å². The summed E-state index contributed by atoms with van der Waals surface area (Å²) in [6, 6.07) is 0. The third-order valence-electron chi connectivity index (χ3n) is 2.78. The molecule has 0 bridgehead atoms. The molecule has 96 valence electrons. The third-order valence-corrected chi connectivity index (χ3v) is 2.78. The standard InChI is InChI=1S/C12H26N2O2/c1-5-12(2,3)16-10-7-11(15)14(4)9-6-8-13/h5-10,13H2,1-4H3. The second kappa shape index (κ2) is 7.63. The fraction of sp³-hybridized carbons (Fsp3) is 0.917. The molecular formula is C12H26N2O2. The summed E-state index contributed by atoms with van der Waals surface area (Å²) in [6.07, 6.45) is 2.25. The molecule has 1 amide bonds. The van der Waals surface area contributed by atoms with Gasteiger partial charge in [0.05, 0.1) is 18.6 Å². The fourth-order valence-electron chi connectivity index (χ4n) is 1.16. The number of rotatable bonds is 8. The van der Waals surface area contributed by atoms with Crippen LogP contribution in [0.3, 0.4) is 0 Å². The Bertz CT molecular complexity index is 205. The first-order valence-electron chi connectivity index (χ1n) is 6.01. The van der Waals surface area contributed by atoms with E-state index in [1.807, 2.05) is 20.9 Å². The fourth-order valence-corrected chi connectivity index (χ4v) is 1.16. The molecule has 0 aliphatic carbocycles. The van der Waals surface area contributed by atoms with Gasteiger partial charge in [0.25, 0.3) is 0 Å². The summed E-state index contributed by atoms with van der Waals surface area (Å²) >= 11 is 0. The van der Waals surface area contributed by atoms with Gasteiger partial charge in [-0.25, -0.2) is 0 Å². The van der Waals surface area contributed by atoms with Crippen LogP contribution in [0, 0.1) is 0 Å². The zero-order valence-corrected chi connectivity index (χ0v) is 11.1. The lowest BCUT2D eigenvalue weighted by Gasteiger charge is -2.24. The molecule has 0 unspecified atom stereocenters. The van der Waals surface area contributed by atoms with Gasteiger partial charge in [-0.3, -0.25) is 4.79 Å². The van der Waals surface area contributed by atoms with Crippen LogP contribution in [0.1, 0.15) is 40.0 Å². The summed E-state index contributed by atoms with van der Waals surface area (Å²) in [5.74, 6) is 0.125. The highest BCUT2D eigenvalue weighted by molar-refractivity contribution is 5.75. The number of hydrogen-bond acceptors (Lipinski definition) is 3. The van der Waals surface area contributed by atoms with Crippen LogP contribution >= 0.6 is 0 Å². The van der Waals surface area contributed by atoms with Crippen molar-refractivity contribution in [1.82, 2.24) is 4.90 Å². The summed E-state index contributed by atoms with van der Waals surface area (Å²) in [5, 5.41) is 0. The SMILES string of the molecule is CCC(C)(C)OCCC(=O)N(C)CCCN. The van der Waals surface area contributed by atoms with E-state index < -0.39 is 0 Å². The molecule has 0 rings (SSSR count). The van der Waals surface area contributed by atoms with Gasteiger partial charge < -0.3 is 15.4 Å². The zero-order valence-electron chi connectivity index (χ0n) is 11.1. The Labute approximate surface area is 99.1 Å². The van der Waals surface area contributed by atoms with Gasteiger partial charge in [-0.2, -0.15) is 0 Å². The Kier molecular flexibility index (Phi) is 7.34. The molecule has 0 aliphatic heterocycles. The summed E-state index contributed by atoms with van der Waals surface area (Å²) in [6.45, 7) is 8.00. The van der Waals surface area contributed by atoms with Crippen molar-refractivity contribution in [3.63, 3.8) is 0 Å². The van der Waals surface area contributed by atoms with E-state index in [0.29, 0.717) is 19.6 Å². The van der Waals surface area contributed by atoms with Crippen LogP contribution in [0.25, 0.3) is 0 Å². The van der Waals surface area contributed by atoms with E-state index in [-0.39, 0.29) is 11.5 Å². The first kappa shape index (κ1) is 15.4. The predicted octanol–water partition coefficient (Wildman–Crippen LogP) is 1.39. The number of ether oxygens (including phenoxy) is 1. The van der Waals surface area contributed by atoms with Crippen molar-refractivity contribution in [3.8, 4) is 0 Å². The minimum absolute atomic E-state index is 0.125. The number of carbonyl (C=O) groups is 1. The van der Waals surface area contributed by atoms with Gasteiger partial charge in [0.2, 0.25) is 5.91 Å². The average molecular weight is 230 g/mol. The lowest BCUT2D eigenvalue weighted by atomic mass is 10.1. The quantitative estimate of drug-likeness (QED) is 0.685. The summed E-state index contributed by atoms with van der Waals surface area (Å²) in [7, 11) is 1.81. The predicted molar refractivity (Wildman–Crippen MR) is 66.2 cm³/mol. The molecule has 0 radical (unpaired) electrons. The first-order chi connectivity index (χ1) is 7.43. The van der Waals surface area contributed by atoms with Crippen molar-refractivity contribution in [1.29, 1.82) is 0 Å². The van der Waals surface area contributed by atoms with Crippen LogP contribution in [0.4, 0.5) is 0 Å². The minimum atomic E-state index is -0.129. The van der Waals surface area contributed by atoms with Crippen LogP contribution in [0.5, 0.6) is 0 Å². The Morgan fingerprint density at radius 3 is 2.56 bits per heavy atom. The molecule has 0 saturated heterocycles. The van der Waals surface area contributed by atoms with Gasteiger partial charge in [0, 0.05) is 13.6 Å². The largest absolute Gasteiger partial charge is 0.375 e. The molecular weight excluding hydrogens is 204 g/mol. The topological polar surface area (TPSA) is 55.6 Å². The van der Waals surface area contributed by atoms with Crippen LogP contribution in [0.15, 0.2) is 0 Å². The van der Waals surface area contributed by atoms with Crippen LogP contribution in [-0.2, 0) is 9.53 Å². The second-order valence-electron chi connectivity index (χ2n) is 4.67. The Morgan fingerprint density at radius 1 is 1.44 bits per heavy atom. The maximum atomic E-state index is 11.6. The Morgan fingerprint density at radius 2 is 2.06 bits per heavy atom. The summed E-state index contributed by atoms with van der Waals surface area (Å²) in [4.78, 5) is 13.3. The molecule has 0 atom stereocenters. The van der Waals surface area contributed by atoms with Gasteiger partial charge in [0.15, 0.2) is 0 Å². The zero-order chi connectivity index (χ0) is 12.6. The molecule has 0 spiro atoms. The molecule has 0 aromatic carbocycles. The van der Waals surface area contributed by atoms with Gasteiger partial charge in [-0.05, 0) is 33.2 Å². The highest BCUT2D eigenvalue weighted by Crippen LogP contribution is 2.13. The molecule has 0 fully saturated rings. The molecule has 4 heteroatoms. The van der Waals surface area contributed by atoms with Crippen LogP contribution in [-0.4, -0.2) is 43.2 Å². The molecule has 0 saturated carbocycles. The summed E-state index contributed by atoms with van der Waals surface area (Å²) < 4.78 is 5.63. The number of nitrogens with two attached hydrogens (primary N) is 1. The minimum Gasteiger partial charge on any atom is -0.375 e. The van der Waals surface area contributed by atoms with E-state index in [2.05, 4.69) is 6.92 Å². The van der Waals surface area contributed by atoms with Crippen molar-refractivity contribution in [2.75, 3.05) is 26.7 Å². The lowest BCUT2D eigenvalue weighted by molar-refractivity contribution is -0.132. The average Bonchev–Trinajstić information content (AvgIpc) is 2.25. The van der Waals surface area contributed by atoms with Crippen molar-refractivity contribution in [2.24, 2.45) is 5.73 Å². The van der Waals surface area contributed by atoms with Crippen molar-refractivity contribution in [3.05, 3.63) is 0 Å². The van der Waals surface area contributed by atoms with E-state index in [9.17, 15) is 4.79 Å². The van der Waals surface area contributed by atoms with Gasteiger partial charge >= 0.3 is 0 Å². The first-order valence-corrected chi connectivity index (χ1v) is 6.01. The smallest absolute Gasteiger partial charge is 0.224 e. The van der Waals surface area contributed by atoms with Gasteiger partial charge in [-0.1, -0.05) is 6.92 Å². The van der Waals surface area contributed by atoms with E-state index in [1.165, 1.54) is 0 Å². The molecule has 2 N–H and O–H groups in total. The number of nitrogens with zero attached hydrogens (tertiary/aromatic N) is 1. The molecule has 0 aromatic heterocycles. The molecule has 0 aromatic rings. The Balaban J connectivity index is 3.72. The van der Waals surface area contributed by atoms with E-state index in [4.69, 9.17) is 10.5 Å². The maximum absolute atomic E-state index is 11.6. The van der Waals surface area contributed by atoms with Gasteiger partial charge in [-0.15, -0.1) is 0 Å². The highest BCUT2D eigenvalue weighted by Gasteiger charge is 2.16. The van der Waals surface area contributed by atoms with Crippen LogP contribution < -0.4 is 5.73 Å². The molecule has 0 heterocycles. The molecule has 0 aliphatic rings. The van der Waals surface area contributed by atoms with Crippen molar-refractivity contribution in [2.45, 2.75) is 45.6 Å². The lowest BCUT2D eigenvalue weighted by Crippen LogP contribution is -2.31. The van der Waals surface area contributed by atoms with Crippen LogP contribution in [0.2, 0.25) is 0 Å². The number of amides is 1. The maximum Gasteiger partial charge on any atom is 0.224 e. The summed E-state index contributed by atoms with van der Waals surface area (Å²) in [5.41, 5.74) is 5.26. The van der Waals surface area contributed by atoms with E-state index in [1.54, 1.807) is 4.90 Å². The van der Waals surface area contributed by atoms with Crippen molar-refractivity contribution < 1.29 is 9.53 Å². The Hall–Kier alpha value is -0.610.